The van der Waals surface area contributed by atoms with Gasteiger partial charge in [0.25, 0.3) is 11.8 Å². The van der Waals surface area contributed by atoms with E-state index in [4.69, 9.17) is 27.9 Å². The Morgan fingerprint density at radius 2 is 1.77 bits per heavy atom. The average molecular weight is 393 g/mol. The van der Waals surface area contributed by atoms with Crippen LogP contribution >= 0.6 is 23.2 Å². The maximum Gasteiger partial charge on any atom is 0.326 e. The van der Waals surface area contributed by atoms with E-state index in [0.29, 0.717) is 12.8 Å². The second kappa shape index (κ2) is 7.85. The van der Waals surface area contributed by atoms with Crippen LogP contribution in [0.3, 0.4) is 0 Å². The molecule has 6 nitrogen and oxygen atoms in total. The fraction of sp³-hybridized carbons (Fsp3) is 0.222. The molecule has 0 saturated carbocycles. The minimum atomic E-state index is -0.650. The summed E-state index contributed by atoms with van der Waals surface area (Å²) in [4.78, 5) is 41.4. The summed E-state index contributed by atoms with van der Waals surface area (Å²) in [7, 11) is 0. The zero-order valence-electron chi connectivity index (χ0n) is 13.6. The molecule has 0 atom stereocenters. The van der Waals surface area contributed by atoms with Crippen LogP contribution < -0.4 is 0 Å². The predicted octanol–water partition coefficient (Wildman–Crippen LogP) is 3.16. The molecule has 1 aliphatic heterocycles. The second-order valence-corrected chi connectivity index (χ2v) is 6.51. The lowest BCUT2D eigenvalue weighted by atomic mass is 10.1. The Bertz CT molecular complexity index is 830. The fourth-order valence-electron chi connectivity index (χ4n) is 2.61. The third kappa shape index (κ3) is 3.86. The van der Waals surface area contributed by atoms with Gasteiger partial charge in [0.15, 0.2) is 0 Å². The summed E-state index contributed by atoms with van der Waals surface area (Å²) >= 11 is 11.8. The van der Waals surface area contributed by atoms with E-state index in [1.54, 1.807) is 12.4 Å². The number of carbonyl (C=O) groups excluding carboxylic acids is 3. The number of benzene rings is 1. The summed E-state index contributed by atoms with van der Waals surface area (Å²) in [6.45, 7) is -0.261. The Kier molecular flexibility index (Phi) is 5.54. The minimum absolute atomic E-state index is 0.133. The van der Waals surface area contributed by atoms with E-state index < -0.39 is 24.3 Å². The van der Waals surface area contributed by atoms with Crippen molar-refractivity contribution in [1.29, 1.82) is 0 Å². The summed E-state index contributed by atoms with van der Waals surface area (Å²) < 4.78 is 5.11. The molecule has 0 saturated heterocycles. The van der Waals surface area contributed by atoms with Crippen molar-refractivity contribution in [2.45, 2.75) is 12.8 Å². The van der Waals surface area contributed by atoms with Gasteiger partial charge in [0.05, 0.1) is 27.8 Å². The molecule has 0 bridgehead atoms. The smallest absolute Gasteiger partial charge is 0.326 e. The highest BCUT2D eigenvalue weighted by Crippen LogP contribution is 2.31. The van der Waals surface area contributed by atoms with Crippen LogP contribution in [0.1, 0.15) is 32.7 Å². The molecule has 2 heterocycles. The molecule has 3 rings (SSSR count). The number of aromatic nitrogens is 1. The van der Waals surface area contributed by atoms with E-state index in [1.165, 1.54) is 12.1 Å². The molecule has 0 spiro atoms. The van der Waals surface area contributed by atoms with Crippen molar-refractivity contribution in [3.8, 4) is 0 Å². The summed E-state index contributed by atoms with van der Waals surface area (Å²) in [6.07, 6.45) is 4.76. The molecule has 1 aliphatic rings. The van der Waals surface area contributed by atoms with Crippen LogP contribution in [-0.2, 0) is 16.0 Å². The first-order valence-corrected chi connectivity index (χ1v) is 8.62. The molecule has 0 aliphatic carbocycles. The summed E-state index contributed by atoms with van der Waals surface area (Å²) in [5.74, 6) is -1.82. The zero-order valence-corrected chi connectivity index (χ0v) is 15.1. The van der Waals surface area contributed by atoms with E-state index in [2.05, 4.69) is 4.98 Å². The van der Waals surface area contributed by atoms with Gasteiger partial charge in [-0.05, 0) is 36.6 Å². The van der Waals surface area contributed by atoms with Crippen molar-refractivity contribution >= 4 is 41.0 Å². The lowest BCUT2D eigenvalue weighted by molar-refractivity contribution is -0.144. The molecular formula is C18H14Cl2N2O4. The highest BCUT2D eigenvalue weighted by molar-refractivity contribution is 6.43. The van der Waals surface area contributed by atoms with Gasteiger partial charge in [-0.25, -0.2) is 0 Å². The number of rotatable bonds is 6. The number of fused-ring (bicyclic) bond motifs is 1. The number of hydrogen-bond acceptors (Lipinski definition) is 5. The summed E-state index contributed by atoms with van der Waals surface area (Å²) in [5.41, 5.74) is 1.31. The molecule has 1 aromatic heterocycles. The van der Waals surface area contributed by atoms with Crippen LogP contribution in [-0.4, -0.2) is 40.8 Å². The number of halogens is 2. The van der Waals surface area contributed by atoms with E-state index in [-0.39, 0.29) is 27.8 Å². The van der Waals surface area contributed by atoms with Gasteiger partial charge in [-0.1, -0.05) is 29.3 Å². The SMILES string of the molecule is O=C(CN1C(=O)c2cc(Cl)c(Cl)cc2C1=O)OCCCc1cccnc1. The van der Waals surface area contributed by atoms with Crippen molar-refractivity contribution in [3.05, 3.63) is 63.4 Å². The molecule has 134 valence electrons. The Hall–Kier alpha value is -2.44. The van der Waals surface area contributed by atoms with Crippen LogP contribution in [0.4, 0.5) is 0 Å². The van der Waals surface area contributed by atoms with Crippen LogP contribution in [0.15, 0.2) is 36.7 Å². The van der Waals surface area contributed by atoms with Gasteiger partial charge >= 0.3 is 5.97 Å². The molecule has 2 aromatic rings. The number of nitrogens with zero attached hydrogens (tertiary/aromatic N) is 2. The monoisotopic (exact) mass is 392 g/mol. The quantitative estimate of drug-likeness (QED) is 0.428. The van der Waals surface area contributed by atoms with E-state index in [9.17, 15) is 14.4 Å². The van der Waals surface area contributed by atoms with E-state index >= 15 is 0 Å². The van der Waals surface area contributed by atoms with E-state index in [0.717, 1.165) is 10.5 Å². The van der Waals surface area contributed by atoms with Gasteiger partial charge in [-0.15, -0.1) is 0 Å². The molecule has 0 unspecified atom stereocenters. The van der Waals surface area contributed by atoms with Crippen molar-refractivity contribution in [2.75, 3.05) is 13.2 Å². The lowest BCUT2D eigenvalue weighted by Gasteiger charge is -2.13. The predicted molar refractivity (Wildman–Crippen MR) is 95.3 cm³/mol. The van der Waals surface area contributed by atoms with Crippen LogP contribution in [0, 0.1) is 0 Å². The van der Waals surface area contributed by atoms with Gasteiger partial charge in [0.2, 0.25) is 0 Å². The lowest BCUT2D eigenvalue weighted by Crippen LogP contribution is -2.35. The molecule has 0 fully saturated rings. The first kappa shape index (κ1) is 18.4. The zero-order chi connectivity index (χ0) is 18.7. The standard InChI is InChI=1S/C18H14Cl2N2O4/c19-14-7-12-13(8-15(14)20)18(25)22(17(12)24)10-16(23)26-6-2-4-11-3-1-5-21-9-11/h1,3,5,7-9H,2,4,6,10H2. The molecular weight excluding hydrogens is 379 g/mol. The first-order valence-electron chi connectivity index (χ1n) is 7.87. The van der Waals surface area contributed by atoms with Crippen molar-refractivity contribution in [1.82, 2.24) is 9.88 Å². The topological polar surface area (TPSA) is 76.6 Å². The van der Waals surface area contributed by atoms with Gasteiger partial charge in [0.1, 0.15) is 6.54 Å². The van der Waals surface area contributed by atoms with Crippen molar-refractivity contribution in [3.63, 3.8) is 0 Å². The number of pyridine rings is 1. The molecule has 0 radical (unpaired) electrons. The van der Waals surface area contributed by atoms with Crippen LogP contribution in [0.2, 0.25) is 10.0 Å². The van der Waals surface area contributed by atoms with Gasteiger partial charge in [0, 0.05) is 12.4 Å². The normalized spacial score (nSPS) is 13.1. The average Bonchev–Trinajstić information content (AvgIpc) is 2.85. The number of ether oxygens (including phenoxy) is 1. The summed E-state index contributed by atoms with van der Waals surface area (Å²) in [6, 6.07) is 6.43. The number of aryl methyl sites for hydroxylation is 1. The molecule has 8 heteroatoms. The highest BCUT2D eigenvalue weighted by atomic mass is 35.5. The maximum absolute atomic E-state index is 12.3. The maximum atomic E-state index is 12.3. The number of esters is 1. The van der Waals surface area contributed by atoms with Gasteiger partial charge < -0.3 is 4.74 Å². The molecule has 0 N–H and O–H groups in total. The number of carbonyl (C=O) groups is 3. The molecule has 26 heavy (non-hydrogen) atoms. The Morgan fingerprint density at radius 1 is 1.12 bits per heavy atom. The largest absolute Gasteiger partial charge is 0.464 e. The summed E-state index contributed by atoms with van der Waals surface area (Å²) in [5, 5.41) is 0.345. The molecule has 1 aromatic carbocycles. The Morgan fingerprint density at radius 3 is 2.35 bits per heavy atom. The van der Waals surface area contributed by atoms with Crippen molar-refractivity contribution in [2.24, 2.45) is 0 Å². The number of imide groups is 1. The minimum Gasteiger partial charge on any atom is -0.464 e. The number of amides is 2. The van der Waals surface area contributed by atoms with Crippen LogP contribution in [0.5, 0.6) is 0 Å². The fourth-order valence-corrected chi connectivity index (χ4v) is 2.94. The number of hydrogen-bond donors (Lipinski definition) is 0. The van der Waals surface area contributed by atoms with Gasteiger partial charge in [-0.3, -0.25) is 24.3 Å². The second-order valence-electron chi connectivity index (χ2n) is 5.69. The van der Waals surface area contributed by atoms with E-state index in [1.807, 2.05) is 12.1 Å². The van der Waals surface area contributed by atoms with Crippen molar-refractivity contribution < 1.29 is 19.1 Å². The Balaban J connectivity index is 1.53. The van der Waals surface area contributed by atoms with Gasteiger partial charge in [-0.2, -0.15) is 0 Å². The van der Waals surface area contributed by atoms with Crippen LogP contribution in [0.25, 0.3) is 0 Å². The highest BCUT2D eigenvalue weighted by Gasteiger charge is 2.37. The first-order chi connectivity index (χ1) is 12.5. The third-order valence-electron chi connectivity index (χ3n) is 3.89. The third-order valence-corrected chi connectivity index (χ3v) is 4.62. The Labute approximate surface area is 159 Å². The molecule has 2 amide bonds.